The number of pyridine rings is 1. The number of ether oxygens (including phenoxy) is 1. The van der Waals surface area contributed by atoms with Gasteiger partial charge in [0.1, 0.15) is 0 Å². The van der Waals surface area contributed by atoms with Crippen molar-refractivity contribution in [3.8, 4) is 0 Å². The molecular weight excluding hydrogens is 202 g/mol. The minimum atomic E-state index is -0.125. The lowest BCUT2D eigenvalue weighted by atomic mass is 9.86. The van der Waals surface area contributed by atoms with E-state index in [9.17, 15) is 4.79 Å². The fourth-order valence-corrected chi connectivity index (χ4v) is 2.58. The Morgan fingerprint density at radius 1 is 1.50 bits per heavy atom. The van der Waals surface area contributed by atoms with Gasteiger partial charge in [0, 0.05) is 12.4 Å². The molecule has 1 heterocycles. The summed E-state index contributed by atoms with van der Waals surface area (Å²) in [4.78, 5) is 15.9. The zero-order chi connectivity index (χ0) is 11.4. The molecule has 0 saturated heterocycles. The van der Waals surface area contributed by atoms with Gasteiger partial charge in [0.2, 0.25) is 0 Å². The first-order valence-electron chi connectivity index (χ1n) is 5.80. The fourth-order valence-electron chi connectivity index (χ4n) is 2.58. The van der Waals surface area contributed by atoms with E-state index in [0.717, 1.165) is 18.4 Å². The standard InChI is InChI=1S/C13H17NO2/c1-16-13(15)12(10-5-2-3-6-10)11-7-4-8-14-9-11/h4,7-10,12H,2-3,5-6H2,1H3/t12-/m1/s1. The summed E-state index contributed by atoms with van der Waals surface area (Å²) < 4.78 is 4.91. The molecule has 86 valence electrons. The molecule has 0 spiro atoms. The Balaban J connectivity index is 2.24. The molecule has 0 N–H and O–H groups in total. The Labute approximate surface area is 95.8 Å². The predicted molar refractivity (Wildman–Crippen MR) is 61.0 cm³/mol. The van der Waals surface area contributed by atoms with Crippen LogP contribution in [0.1, 0.15) is 37.2 Å². The summed E-state index contributed by atoms with van der Waals surface area (Å²) in [5.41, 5.74) is 0.987. The first kappa shape index (κ1) is 11.1. The summed E-state index contributed by atoms with van der Waals surface area (Å²) >= 11 is 0. The maximum absolute atomic E-state index is 11.8. The molecular formula is C13H17NO2. The topological polar surface area (TPSA) is 39.2 Å². The van der Waals surface area contributed by atoms with Gasteiger partial charge in [-0.15, -0.1) is 0 Å². The lowest BCUT2D eigenvalue weighted by Crippen LogP contribution is -2.21. The number of methoxy groups -OCH3 is 1. The number of nitrogens with zero attached hydrogens (tertiary/aromatic N) is 1. The van der Waals surface area contributed by atoms with E-state index in [1.165, 1.54) is 20.0 Å². The molecule has 16 heavy (non-hydrogen) atoms. The molecule has 0 aromatic carbocycles. The van der Waals surface area contributed by atoms with Gasteiger partial charge in [0.05, 0.1) is 13.0 Å². The van der Waals surface area contributed by atoms with Crippen molar-refractivity contribution in [1.82, 2.24) is 4.98 Å². The Morgan fingerprint density at radius 2 is 2.25 bits per heavy atom. The van der Waals surface area contributed by atoms with Gasteiger partial charge in [0.15, 0.2) is 0 Å². The first-order chi connectivity index (χ1) is 7.83. The largest absolute Gasteiger partial charge is 0.469 e. The monoisotopic (exact) mass is 219 g/mol. The summed E-state index contributed by atoms with van der Waals surface area (Å²) in [6, 6.07) is 3.84. The normalized spacial score (nSPS) is 18.3. The van der Waals surface area contributed by atoms with Crippen LogP contribution in [0.15, 0.2) is 24.5 Å². The quantitative estimate of drug-likeness (QED) is 0.733. The molecule has 2 rings (SSSR count). The minimum absolute atomic E-state index is 0.124. The first-order valence-corrected chi connectivity index (χ1v) is 5.80. The van der Waals surface area contributed by atoms with Crippen LogP contribution in [0.3, 0.4) is 0 Å². The molecule has 1 aliphatic rings. The summed E-state index contributed by atoms with van der Waals surface area (Å²) in [5, 5.41) is 0. The van der Waals surface area contributed by atoms with Gasteiger partial charge >= 0.3 is 5.97 Å². The summed E-state index contributed by atoms with van der Waals surface area (Å²) in [6.45, 7) is 0. The van der Waals surface area contributed by atoms with Gasteiger partial charge in [-0.1, -0.05) is 18.9 Å². The van der Waals surface area contributed by atoms with Crippen LogP contribution < -0.4 is 0 Å². The number of hydrogen-bond acceptors (Lipinski definition) is 3. The Bertz CT molecular complexity index is 344. The van der Waals surface area contributed by atoms with Crippen molar-refractivity contribution in [3.63, 3.8) is 0 Å². The third kappa shape index (κ3) is 2.23. The van der Waals surface area contributed by atoms with Gasteiger partial charge in [-0.05, 0) is 30.4 Å². The van der Waals surface area contributed by atoms with Crippen molar-refractivity contribution >= 4 is 5.97 Å². The number of carbonyl (C=O) groups excluding carboxylic acids is 1. The Hall–Kier alpha value is -1.38. The molecule has 3 heteroatoms. The number of hydrogen-bond donors (Lipinski definition) is 0. The van der Waals surface area contributed by atoms with Crippen molar-refractivity contribution in [2.45, 2.75) is 31.6 Å². The SMILES string of the molecule is COC(=O)[C@@H](c1cccnc1)C1CCCC1. The molecule has 1 aromatic heterocycles. The van der Waals surface area contributed by atoms with E-state index in [1.807, 2.05) is 12.1 Å². The maximum atomic E-state index is 11.8. The number of aromatic nitrogens is 1. The summed E-state index contributed by atoms with van der Waals surface area (Å²) in [5.74, 6) is 0.178. The third-order valence-electron chi connectivity index (χ3n) is 3.37. The van der Waals surface area contributed by atoms with Crippen LogP contribution in [0.5, 0.6) is 0 Å². The Kier molecular flexibility index (Phi) is 3.54. The number of rotatable bonds is 3. The van der Waals surface area contributed by atoms with Crippen molar-refractivity contribution in [2.24, 2.45) is 5.92 Å². The Morgan fingerprint density at radius 3 is 2.81 bits per heavy atom. The summed E-state index contributed by atoms with van der Waals surface area (Å²) in [7, 11) is 1.46. The third-order valence-corrected chi connectivity index (χ3v) is 3.37. The van der Waals surface area contributed by atoms with Crippen LogP contribution >= 0.6 is 0 Å². The molecule has 1 aromatic rings. The van der Waals surface area contributed by atoms with Crippen molar-refractivity contribution < 1.29 is 9.53 Å². The number of esters is 1. The zero-order valence-electron chi connectivity index (χ0n) is 9.56. The molecule has 0 aliphatic heterocycles. The second-order valence-corrected chi connectivity index (χ2v) is 4.33. The molecule has 0 unspecified atom stereocenters. The highest BCUT2D eigenvalue weighted by atomic mass is 16.5. The molecule has 1 saturated carbocycles. The predicted octanol–water partition coefficient (Wildman–Crippen LogP) is 2.53. The highest BCUT2D eigenvalue weighted by molar-refractivity contribution is 5.78. The molecule has 3 nitrogen and oxygen atoms in total. The van der Waals surface area contributed by atoms with Gasteiger partial charge in [0.25, 0.3) is 0 Å². The van der Waals surface area contributed by atoms with Gasteiger partial charge < -0.3 is 4.74 Å². The molecule has 1 fully saturated rings. The van der Waals surface area contributed by atoms with E-state index in [2.05, 4.69) is 4.98 Å². The van der Waals surface area contributed by atoms with Crippen LogP contribution in [0.25, 0.3) is 0 Å². The van der Waals surface area contributed by atoms with Crippen LogP contribution in [-0.2, 0) is 9.53 Å². The zero-order valence-corrected chi connectivity index (χ0v) is 9.56. The van der Waals surface area contributed by atoms with Gasteiger partial charge in [-0.25, -0.2) is 0 Å². The average molecular weight is 219 g/mol. The van der Waals surface area contributed by atoms with Gasteiger partial charge in [-0.2, -0.15) is 0 Å². The summed E-state index contributed by atoms with van der Waals surface area (Å²) in [6.07, 6.45) is 8.19. The van der Waals surface area contributed by atoms with Crippen molar-refractivity contribution in [3.05, 3.63) is 30.1 Å². The second kappa shape index (κ2) is 5.10. The molecule has 0 amide bonds. The lowest BCUT2D eigenvalue weighted by Gasteiger charge is -2.20. The number of carbonyl (C=O) groups is 1. The van der Waals surface area contributed by atoms with Crippen LogP contribution in [0.4, 0.5) is 0 Å². The van der Waals surface area contributed by atoms with Crippen LogP contribution in [-0.4, -0.2) is 18.1 Å². The van der Waals surface area contributed by atoms with E-state index < -0.39 is 0 Å². The highest BCUT2D eigenvalue weighted by Crippen LogP contribution is 2.37. The molecule has 1 aliphatic carbocycles. The molecule has 0 radical (unpaired) electrons. The smallest absolute Gasteiger partial charge is 0.313 e. The van der Waals surface area contributed by atoms with E-state index in [-0.39, 0.29) is 11.9 Å². The fraction of sp³-hybridized carbons (Fsp3) is 0.538. The molecule has 1 atom stereocenters. The van der Waals surface area contributed by atoms with Gasteiger partial charge in [-0.3, -0.25) is 9.78 Å². The minimum Gasteiger partial charge on any atom is -0.469 e. The van der Waals surface area contributed by atoms with E-state index in [1.54, 1.807) is 12.4 Å². The molecule has 0 bridgehead atoms. The second-order valence-electron chi connectivity index (χ2n) is 4.33. The van der Waals surface area contributed by atoms with Crippen molar-refractivity contribution in [2.75, 3.05) is 7.11 Å². The van der Waals surface area contributed by atoms with E-state index in [0.29, 0.717) is 5.92 Å². The van der Waals surface area contributed by atoms with Crippen LogP contribution in [0, 0.1) is 5.92 Å². The lowest BCUT2D eigenvalue weighted by molar-refractivity contribution is -0.143. The average Bonchev–Trinajstić information content (AvgIpc) is 2.84. The van der Waals surface area contributed by atoms with Crippen LogP contribution in [0.2, 0.25) is 0 Å². The highest BCUT2D eigenvalue weighted by Gasteiger charge is 2.32. The van der Waals surface area contributed by atoms with Crippen molar-refractivity contribution in [1.29, 1.82) is 0 Å². The van der Waals surface area contributed by atoms with E-state index >= 15 is 0 Å². The maximum Gasteiger partial charge on any atom is 0.313 e. The van der Waals surface area contributed by atoms with E-state index in [4.69, 9.17) is 4.74 Å².